The molecule has 0 radical (unpaired) electrons. The molecular formula is C17H25Cl2NO. The summed E-state index contributed by atoms with van der Waals surface area (Å²) in [6.07, 6.45) is 0.577. The molecule has 0 heterocycles. The van der Waals surface area contributed by atoms with Crippen LogP contribution in [0.2, 0.25) is 10.0 Å². The Morgan fingerprint density at radius 1 is 1.05 bits per heavy atom. The van der Waals surface area contributed by atoms with Gasteiger partial charge in [0, 0.05) is 21.0 Å². The van der Waals surface area contributed by atoms with Gasteiger partial charge in [-0.15, -0.1) is 0 Å². The monoisotopic (exact) mass is 329 g/mol. The maximum absolute atomic E-state index is 12.7. The fourth-order valence-corrected chi connectivity index (χ4v) is 2.79. The topological polar surface area (TPSA) is 29.1 Å². The van der Waals surface area contributed by atoms with E-state index in [1.165, 1.54) is 0 Å². The number of nitrogens with one attached hydrogen (secondary N) is 1. The van der Waals surface area contributed by atoms with E-state index >= 15 is 0 Å². The molecule has 0 aliphatic heterocycles. The second-order valence-electron chi connectivity index (χ2n) is 7.54. The molecule has 1 N–H and O–H groups in total. The van der Waals surface area contributed by atoms with E-state index in [4.69, 9.17) is 23.2 Å². The van der Waals surface area contributed by atoms with E-state index in [2.05, 4.69) is 26.1 Å². The third-order valence-corrected chi connectivity index (χ3v) is 3.46. The summed E-state index contributed by atoms with van der Waals surface area (Å²) in [7, 11) is 0. The van der Waals surface area contributed by atoms with Gasteiger partial charge in [0.15, 0.2) is 5.78 Å². The number of Topliss-reactive ketones (excluding diaryl/α,β-unsaturated/α-hetero) is 1. The Bertz CT molecular complexity index is 492. The minimum atomic E-state index is -0.398. The summed E-state index contributed by atoms with van der Waals surface area (Å²) >= 11 is 12.1. The Labute approximate surface area is 138 Å². The van der Waals surface area contributed by atoms with E-state index in [0.717, 1.165) is 5.56 Å². The predicted molar refractivity (Wildman–Crippen MR) is 91.3 cm³/mol. The number of ketones is 1. The molecule has 0 unspecified atom stereocenters. The van der Waals surface area contributed by atoms with Crippen molar-refractivity contribution in [2.24, 2.45) is 5.41 Å². The fourth-order valence-electron chi connectivity index (χ4n) is 2.22. The van der Waals surface area contributed by atoms with Crippen molar-refractivity contribution in [3.63, 3.8) is 0 Å². The standard InChI is InChI=1S/C17H25Cl2NO/c1-16(2,3)15(21)14(20-17(4,5)6)9-11-7-12(18)10-13(19)8-11/h7-8,10,14,20H,9H2,1-6H3/t14-/m0/s1. The van der Waals surface area contributed by atoms with Gasteiger partial charge in [-0.2, -0.15) is 0 Å². The van der Waals surface area contributed by atoms with Gasteiger partial charge in [0.05, 0.1) is 6.04 Å². The number of hydrogen-bond acceptors (Lipinski definition) is 2. The lowest BCUT2D eigenvalue weighted by molar-refractivity contribution is -0.128. The molecule has 0 aliphatic carbocycles. The number of halogens is 2. The zero-order valence-electron chi connectivity index (χ0n) is 13.7. The van der Waals surface area contributed by atoms with Crippen molar-refractivity contribution < 1.29 is 4.79 Å². The van der Waals surface area contributed by atoms with Gasteiger partial charge in [-0.1, -0.05) is 44.0 Å². The van der Waals surface area contributed by atoms with Crippen LogP contribution in [0, 0.1) is 5.41 Å². The van der Waals surface area contributed by atoms with Gasteiger partial charge >= 0.3 is 0 Å². The highest BCUT2D eigenvalue weighted by molar-refractivity contribution is 6.34. The fraction of sp³-hybridized carbons (Fsp3) is 0.588. The van der Waals surface area contributed by atoms with Gasteiger partial charge in [-0.05, 0) is 51.0 Å². The molecule has 0 aromatic heterocycles. The third kappa shape index (κ3) is 6.37. The first-order valence-corrected chi connectivity index (χ1v) is 7.91. The molecule has 1 rings (SSSR count). The second-order valence-corrected chi connectivity index (χ2v) is 8.42. The van der Waals surface area contributed by atoms with Crippen molar-refractivity contribution in [1.29, 1.82) is 0 Å². The van der Waals surface area contributed by atoms with Gasteiger partial charge in [0.1, 0.15) is 0 Å². The van der Waals surface area contributed by atoms with Crippen molar-refractivity contribution in [3.05, 3.63) is 33.8 Å². The maximum atomic E-state index is 12.7. The lowest BCUT2D eigenvalue weighted by atomic mass is 9.83. The van der Waals surface area contributed by atoms with E-state index in [1.807, 2.05) is 32.9 Å². The predicted octanol–water partition coefficient (Wildman–Crippen LogP) is 4.91. The van der Waals surface area contributed by atoms with Gasteiger partial charge in [0.2, 0.25) is 0 Å². The van der Waals surface area contributed by atoms with Crippen LogP contribution in [0.25, 0.3) is 0 Å². The maximum Gasteiger partial charge on any atom is 0.155 e. The molecular weight excluding hydrogens is 305 g/mol. The Morgan fingerprint density at radius 3 is 1.90 bits per heavy atom. The average molecular weight is 330 g/mol. The zero-order valence-corrected chi connectivity index (χ0v) is 15.2. The van der Waals surface area contributed by atoms with Crippen molar-refractivity contribution in [1.82, 2.24) is 5.32 Å². The highest BCUT2D eigenvalue weighted by atomic mass is 35.5. The molecule has 0 saturated heterocycles. The molecule has 1 aromatic carbocycles. The van der Waals surface area contributed by atoms with E-state index in [-0.39, 0.29) is 17.4 Å². The molecule has 0 aliphatic rings. The number of rotatable bonds is 4. The molecule has 0 spiro atoms. The summed E-state index contributed by atoms with van der Waals surface area (Å²) in [5.41, 5.74) is 0.422. The highest BCUT2D eigenvalue weighted by Gasteiger charge is 2.32. The van der Waals surface area contributed by atoms with Crippen LogP contribution in [0.15, 0.2) is 18.2 Å². The quantitative estimate of drug-likeness (QED) is 0.850. The number of benzene rings is 1. The van der Waals surface area contributed by atoms with Gasteiger partial charge in [0.25, 0.3) is 0 Å². The number of hydrogen-bond donors (Lipinski definition) is 1. The molecule has 0 amide bonds. The first-order chi connectivity index (χ1) is 9.38. The lowest BCUT2D eigenvalue weighted by Gasteiger charge is -2.32. The van der Waals surface area contributed by atoms with Crippen molar-refractivity contribution in [2.45, 2.75) is 59.5 Å². The lowest BCUT2D eigenvalue weighted by Crippen LogP contribution is -2.51. The second kappa shape index (κ2) is 6.68. The normalized spacial score (nSPS) is 14.1. The molecule has 118 valence electrons. The van der Waals surface area contributed by atoms with Crippen molar-refractivity contribution in [2.75, 3.05) is 0 Å². The Hall–Kier alpha value is -0.570. The largest absolute Gasteiger partial charge is 0.302 e. The van der Waals surface area contributed by atoms with Crippen molar-refractivity contribution >= 4 is 29.0 Å². The molecule has 0 saturated carbocycles. The first kappa shape index (κ1) is 18.5. The highest BCUT2D eigenvalue weighted by Crippen LogP contribution is 2.24. The summed E-state index contributed by atoms with van der Waals surface area (Å²) in [5, 5.41) is 4.60. The molecule has 21 heavy (non-hydrogen) atoms. The minimum absolute atomic E-state index is 0.145. The number of carbonyl (C=O) groups is 1. The molecule has 4 heteroatoms. The summed E-state index contributed by atoms with van der Waals surface area (Å²) in [6.45, 7) is 12.0. The van der Waals surface area contributed by atoms with Crippen LogP contribution < -0.4 is 5.32 Å². The summed E-state index contributed by atoms with van der Waals surface area (Å²) in [6, 6.07) is 5.16. The van der Waals surface area contributed by atoms with Crippen molar-refractivity contribution in [3.8, 4) is 0 Å². The van der Waals surface area contributed by atoms with Crippen LogP contribution in [0.5, 0.6) is 0 Å². The smallest absolute Gasteiger partial charge is 0.155 e. The van der Waals surface area contributed by atoms with Crippen LogP contribution >= 0.6 is 23.2 Å². The molecule has 2 nitrogen and oxygen atoms in total. The SMILES string of the molecule is CC(C)(C)N[C@@H](Cc1cc(Cl)cc(Cl)c1)C(=O)C(C)(C)C. The molecule has 1 atom stereocenters. The molecule has 1 aromatic rings. The molecule has 0 fully saturated rings. The van der Waals surface area contributed by atoms with Gasteiger partial charge in [-0.3, -0.25) is 4.79 Å². The summed E-state index contributed by atoms with van der Waals surface area (Å²) in [4.78, 5) is 12.7. The Morgan fingerprint density at radius 2 is 1.52 bits per heavy atom. The van der Waals surface area contributed by atoms with Gasteiger partial charge < -0.3 is 5.32 Å². The van der Waals surface area contributed by atoms with E-state index in [1.54, 1.807) is 6.07 Å². The van der Waals surface area contributed by atoms with E-state index in [9.17, 15) is 4.79 Å². The minimum Gasteiger partial charge on any atom is -0.302 e. The van der Waals surface area contributed by atoms with E-state index in [0.29, 0.717) is 16.5 Å². The Balaban J connectivity index is 3.04. The van der Waals surface area contributed by atoms with Crippen LogP contribution in [0.3, 0.4) is 0 Å². The van der Waals surface area contributed by atoms with Crippen LogP contribution in [0.4, 0.5) is 0 Å². The first-order valence-electron chi connectivity index (χ1n) is 7.15. The molecule has 0 bridgehead atoms. The van der Waals surface area contributed by atoms with Crippen LogP contribution in [0.1, 0.15) is 47.1 Å². The Kier molecular flexibility index (Phi) is 5.88. The third-order valence-electron chi connectivity index (χ3n) is 3.03. The van der Waals surface area contributed by atoms with Crippen LogP contribution in [-0.4, -0.2) is 17.4 Å². The van der Waals surface area contributed by atoms with Crippen LogP contribution in [-0.2, 0) is 11.2 Å². The number of carbonyl (C=O) groups excluding carboxylic acids is 1. The zero-order chi connectivity index (χ0) is 16.4. The van der Waals surface area contributed by atoms with E-state index < -0.39 is 5.41 Å². The average Bonchev–Trinajstić information content (AvgIpc) is 2.22. The summed E-state index contributed by atoms with van der Waals surface area (Å²) in [5.74, 6) is 0.188. The summed E-state index contributed by atoms with van der Waals surface area (Å²) < 4.78 is 0. The van der Waals surface area contributed by atoms with Gasteiger partial charge in [-0.25, -0.2) is 0 Å².